The lowest BCUT2D eigenvalue weighted by Gasteiger charge is -2.32. The number of nitrogens with zero attached hydrogens (tertiary/aromatic N) is 1. The Morgan fingerprint density at radius 2 is 1.76 bits per heavy atom. The van der Waals surface area contributed by atoms with Crippen LogP contribution in [0.5, 0.6) is 0 Å². The van der Waals surface area contributed by atoms with Crippen LogP contribution < -0.4 is 5.32 Å². The number of carbonyl (C=O) groups is 3. The van der Waals surface area contributed by atoms with Crippen molar-refractivity contribution in [2.24, 2.45) is 11.8 Å². The summed E-state index contributed by atoms with van der Waals surface area (Å²) in [5.41, 5.74) is -0.434. The quantitative estimate of drug-likeness (QED) is 0.631. The number of carbonyl (C=O) groups excluding carboxylic acids is 3. The minimum Gasteiger partial charge on any atom is -0.468 e. The molecule has 0 saturated carbocycles. The average molecular weight is 396 g/mol. The molecule has 7 heteroatoms. The highest BCUT2D eigenvalue weighted by atomic mass is 19.1. The van der Waals surface area contributed by atoms with Crippen molar-refractivity contribution in [3.8, 4) is 0 Å². The summed E-state index contributed by atoms with van der Waals surface area (Å²) in [5, 5.41) is 3.16. The maximum atomic E-state index is 14.6. The predicted octanol–water partition coefficient (Wildman–Crippen LogP) is 1.86. The highest BCUT2D eigenvalue weighted by Crippen LogP contribution is 2.50. The minimum atomic E-state index is -1.48. The van der Waals surface area contributed by atoms with E-state index in [4.69, 9.17) is 4.74 Å². The van der Waals surface area contributed by atoms with Gasteiger partial charge in [-0.15, -0.1) is 0 Å². The van der Waals surface area contributed by atoms with Crippen molar-refractivity contribution < 1.29 is 23.5 Å². The number of halogens is 1. The number of hydrogen-bond acceptors (Lipinski definition) is 5. The lowest BCUT2D eigenvalue weighted by Crippen LogP contribution is -2.57. The van der Waals surface area contributed by atoms with Gasteiger partial charge in [-0.2, -0.15) is 0 Å². The van der Waals surface area contributed by atoms with Crippen LogP contribution in [0.1, 0.15) is 17.2 Å². The molecule has 2 aliphatic heterocycles. The van der Waals surface area contributed by atoms with Gasteiger partial charge in [-0.25, -0.2) is 4.39 Å². The van der Waals surface area contributed by atoms with Crippen molar-refractivity contribution in [1.82, 2.24) is 10.2 Å². The smallest absolute Gasteiger partial charge is 0.327 e. The first-order valence-electron chi connectivity index (χ1n) is 9.36. The van der Waals surface area contributed by atoms with Crippen molar-refractivity contribution in [2.45, 2.75) is 18.0 Å². The van der Waals surface area contributed by atoms with Crippen LogP contribution in [-0.2, 0) is 25.5 Å². The summed E-state index contributed by atoms with van der Waals surface area (Å²) in [6.07, 6.45) is 0.138. The molecule has 2 aromatic carbocycles. The van der Waals surface area contributed by atoms with Gasteiger partial charge in [0.2, 0.25) is 11.8 Å². The summed E-state index contributed by atoms with van der Waals surface area (Å²) in [5.74, 6) is -3.93. The number of ether oxygens (including phenoxy) is 1. The molecule has 4 rings (SSSR count). The molecule has 2 saturated heterocycles. The number of benzene rings is 2. The maximum Gasteiger partial charge on any atom is 0.327 e. The fourth-order valence-corrected chi connectivity index (χ4v) is 4.66. The molecule has 0 unspecified atom stereocenters. The van der Waals surface area contributed by atoms with Gasteiger partial charge in [-0.1, -0.05) is 48.5 Å². The molecule has 2 fully saturated rings. The van der Waals surface area contributed by atoms with E-state index in [1.54, 1.807) is 18.2 Å². The minimum absolute atomic E-state index is 0.138. The summed E-state index contributed by atoms with van der Waals surface area (Å²) in [6, 6.07) is 14.4. The summed E-state index contributed by atoms with van der Waals surface area (Å²) in [7, 11) is 2.64. The normalized spacial score (nSPS) is 28.5. The number of esters is 1. The molecule has 0 radical (unpaired) electrons. The molecule has 4 atom stereocenters. The monoisotopic (exact) mass is 396 g/mol. The van der Waals surface area contributed by atoms with Crippen molar-refractivity contribution in [3.63, 3.8) is 0 Å². The molecule has 2 heterocycles. The molecule has 2 aliphatic rings. The van der Waals surface area contributed by atoms with E-state index in [-0.39, 0.29) is 12.0 Å². The number of hydrogen-bond donors (Lipinski definition) is 1. The average Bonchev–Trinajstić information content (AvgIpc) is 3.18. The first kappa shape index (κ1) is 19.3. The molecule has 1 N–H and O–H groups in total. The SMILES string of the molecule is COC(=O)[C@]1(Cc2ccccc2)N[C@@H](c2ccccc2F)[C@@H]2C(=O)N(C)C(=O)[C@H]21. The number of likely N-dealkylation sites (tertiary alicyclic amines) is 1. The summed E-state index contributed by atoms with van der Waals surface area (Å²) >= 11 is 0. The second-order valence-corrected chi connectivity index (χ2v) is 7.51. The van der Waals surface area contributed by atoms with Gasteiger partial charge in [0.1, 0.15) is 11.4 Å². The van der Waals surface area contributed by atoms with Gasteiger partial charge in [0.25, 0.3) is 0 Å². The van der Waals surface area contributed by atoms with Crippen LogP contribution in [0.3, 0.4) is 0 Å². The van der Waals surface area contributed by atoms with Gasteiger partial charge in [0.05, 0.1) is 18.9 Å². The van der Waals surface area contributed by atoms with Crippen LogP contribution in [0.2, 0.25) is 0 Å². The van der Waals surface area contributed by atoms with Crippen LogP contribution in [-0.4, -0.2) is 42.4 Å². The molecular weight excluding hydrogens is 375 g/mol. The Morgan fingerprint density at radius 3 is 2.41 bits per heavy atom. The third-order valence-electron chi connectivity index (χ3n) is 5.99. The van der Waals surface area contributed by atoms with Crippen molar-refractivity contribution in [3.05, 3.63) is 71.5 Å². The van der Waals surface area contributed by atoms with Gasteiger partial charge >= 0.3 is 5.97 Å². The zero-order valence-corrected chi connectivity index (χ0v) is 16.1. The molecule has 150 valence electrons. The van der Waals surface area contributed by atoms with E-state index in [1.807, 2.05) is 30.3 Å². The Morgan fingerprint density at radius 1 is 1.10 bits per heavy atom. The van der Waals surface area contributed by atoms with Crippen LogP contribution in [0.4, 0.5) is 4.39 Å². The van der Waals surface area contributed by atoms with Crippen LogP contribution in [0.15, 0.2) is 54.6 Å². The molecular formula is C22H21FN2O4. The summed E-state index contributed by atoms with van der Waals surface area (Å²) in [4.78, 5) is 40.1. The Kier molecular flexibility index (Phi) is 4.70. The van der Waals surface area contributed by atoms with Crippen LogP contribution in [0, 0.1) is 17.7 Å². The lowest BCUT2D eigenvalue weighted by atomic mass is 9.76. The van der Waals surface area contributed by atoms with Crippen LogP contribution >= 0.6 is 0 Å². The second kappa shape index (κ2) is 7.08. The molecule has 2 aromatic rings. The van der Waals surface area contributed by atoms with Gasteiger partial charge in [0.15, 0.2) is 0 Å². The van der Waals surface area contributed by atoms with Crippen molar-refractivity contribution in [2.75, 3.05) is 14.2 Å². The van der Waals surface area contributed by atoms with E-state index >= 15 is 0 Å². The standard InChI is InChI=1S/C22H21FN2O4/c1-25-19(26)16-17(20(25)27)22(21(28)29-2,12-13-8-4-3-5-9-13)24-18(16)14-10-6-7-11-15(14)23/h3-11,16-18,24H,12H2,1-2H3/t16-,17+,18+,22-/m1/s1. The molecule has 2 amide bonds. The lowest BCUT2D eigenvalue weighted by molar-refractivity contribution is -0.153. The maximum absolute atomic E-state index is 14.6. The topological polar surface area (TPSA) is 75.7 Å². The Labute approximate surface area is 167 Å². The van der Waals surface area contributed by atoms with Gasteiger partial charge < -0.3 is 4.74 Å². The van der Waals surface area contributed by atoms with Crippen molar-refractivity contribution in [1.29, 1.82) is 0 Å². The third kappa shape index (κ3) is 2.84. The third-order valence-corrected chi connectivity index (χ3v) is 5.99. The molecule has 0 aliphatic carbocycles. The number of amides is 2. The fourth-order valence-electron chi connectivity index (χ4n) is 4.66. The summed E-state index contributed by atoms with van der Waals surface area (Å²) < 4.78 is 19.7. The molecule has 0 aromatic heterocycles. The molecule has 29 heavy (non-hydrogen) atoms. The fraction of sp³-hybridized carbons (Fsp3) is 0.318. The van der Waals surface area contributed by atoms with E-state index in [2.05, 4.69) is 5.32 Å². The van der Waals surface area contributed by atoms with Gasteiger partial charge in [-0.05, 0) is 11.6 Å². The Hall–Kier alpha value is -3.06. The zero-order chi connectivity index (χ0) is 20.8. The Balaban J connectivity index is 1.88. The van der Waals surface area contributed by atoms with Crippen LogP contribution in [0.25, 0.3) is 0 Å². The number of rotatable bonds is 4. The molecule has 0 spiro atoms. The predicted molar refractivity (Wildman–Crippen MR) is 102 cm³/mol. The number of imide groups is 1. The number of fused-ring (bicyclic) bond motifs is 1. The van der Waals surface area contributed by atoms with E-state index in [1.165, 1.54) is 20.2 Å². The van der Waals surface area contributed by atoms with E-state index in [0.29, 0.717) is 0 Å². The Bertz CT molecular complexity index is 980. The summed E-state index contributed by atoms with van der Waals surface area (Å²) in [6.45, 7) is 0. The van der Waals surface area contributed by atoms with Gasteiger partial charge in [-0.3, -0.25) is 24.6 Å². The van der Waals surface area contributed by atoms with Gasteiger partial charge in [0, 0.05) is 25.1 Å². The highest BCUT2D eigenvalue weighted by molar-refractivity contribution is 6.09. The van der Waals surface area contributed by atoms with E-state index < -0.39 is 47.0 Å². The zero-order valence-electron chi connectivity index (χ0n) is 16.1. The highest BCUT2D eigenvalue weighted by Gasteiger charge is 2.68. The van der Waals surface area contributed by atoms with E-state index in [9.17, 15) is 18.8 Å². The number of nitrogens with one attached hydrogen (secondary N) is 1. The molecule has 6 nitrogen and oxygen atoms in total. The van der Waals surface area contributed by atoms with Crippen molar-refractivity contribution >= 4 is 17.8 Å². The first-order valence-corrected chi connectivity index (χ1v) is 9.36. The first-order chi connectivity index (χ1) is 13.9. The largest absolute Gasteiger partial charge is 0.468 e. The second-order valence-electron chi connectivity index (χ2n) is 7.51. The molecule has 0 bridgehead atoms. The number of methoxy groups -OCH3 is 1. The van der Waals surface area contributed by atoms with E-state index in [0.717, 1.165) is 10.5 Å².